The number of sulfone groups is 1. The van der Waals surface area contributed by atoms with Crippen molar-refractivity contribution in [3.05, 3.63) is 0 Å². The Bertz CT molecular complexity index is 593. The predicted octanol–water partition coefficient (Wildman–Crippen LogP) is 1.48. The SMILES string of the molecule is CCNC(=NCC1(S(C)(=O)=O)CCOCC1)NC1CCN(CC(F)F)CC1.I. The van der Waals surface area contributed by atoms with E-state index in [9.17, 15) is 17.2 Å². The molecule has 0 aromatic heterocycles. The van der Waals surface area contributed by atoms with E-state index in [1.54, 1.807) is 4.90 Å². The van der Waals surface area contributed by atoms with Crippen molar-refractivity contribution in [2.45, 2.75) is 49.8 Å². The van der Waals surface area contributed by atoms with E-state index < -0.39 is 21.0 Å². The van der Waals surface area contributed by atoms with Gasteiger partial charge in [-0.1, -0.05) is 0 Å². The molecule has 0 aliphatic carbocycles. The van der Waals surface area contributed by atoms with Gasteiger partial charge in [-0.2, -0.15) is 0 Å². The number of hydrogen-bond acceptors (Lipinski definition) is 5. The summed E-state index contributed by atoms with van der Waals surface area (Å²) >= 11 is 0. The van der Waals surface area contributed by atoms with Crippen LogP contribution in [0.1, 0.15) is 32.6 Å². The van der Waals surface area contributed by atoms with E-state index in [1.807, 2.05) is 6.92 Å². The Morgan fingerprint density at radius 1 is 1.29 bits per heavy atom. The molecule has 0 aromatic carbocycles. The van der Waals surface area contributed by atoms with Gasteiger partial charge < -0.3 is 15.4 Å². The lowest BCUT2D eigenvalue weighted by Crippen LogP contribution is -2.51. The van der Waals surface area contributed by atoms with E-state index in [1.165, 1.54) is 6.26 Å². The van der Waals surface area contributed by atoms with Crippen LogP contribution in [-0.2, 0) is 14.6 Å². The molecule has 0 aromatic rings. The summed E-state index contributed by atoms with van der Waals surface area (Å²) in [5.74, 6) is 0.583. The molecule has 2 rings (SSSR count). The molecular weight excluding hydrogens is 505 g/mol. The van der Waals surface area contributed by atoms with Crippen molar-refractivity contribution >= 4 is 39.8 Å². The minimum atomic E-state index is -3.27. The van der Waals surface area contributed by atoms with Gasteiger partial charge >= 0.3 is 0 Å². The average molecular weight is 538 g/mol. The molecule has 0 unspecified atom stereocenters. The molecule has 2 heterocycles. The molecule has 2 N–H and O–H groups in total. The Kier molecular flexibility index (Phi) is 10.9. The molecule has 2 saturated heterocycles. The normalized spacial score (nSPS) is 22.0. The van der Waals surface area contributed by atoms with Crippen LogP contribution in [0.2, 0.25) is 0 Å². The van der Waals surface area contributed by atoms with E-state index in [4.69, 9.17) is 4.74 Å². The second-order valence-corrected chi connectivity index (χ2v) is 9.78. The third kappa shape index (κ3) is 7.52. The van der Waals surface area contributed by atoms with Gasteiger partial charge in [0.1, 0.15) is 0 Å². The van der Waals surface area contributed by atoms with Crippen LogP contribution < -0.4 is 10.6 Å². The van der Waals surface area contributed by atoms with Crippen LogP contribution in [0.3, 0.4) is 0 Å². The standard InChI is InChI=1S/C17H32F2N4O3S.HI/c1-3-20-16(22-14-4-8-23(9-5-14)12-15(18)19)21-13-17(27(2,24)25)6-10-26-11-7-17;/h14-15H,3-13H2,1-2H3,(H2,20,21,22);1H. The Hall–Kier alpha value is -0.270. The molecule has 2 aliphatic heterocycles. The fourth-order valence-electron chi connectivity index (χ4n) is 3.58. The zero-order valence-corrected chi connectivity index (χ0v) is 19.8. The van der Waals surface area contributed by atoms with Gasteiger partial charge in [-0.05, 0) is 32.6 Å². The maximum Gasteiger partial charge on any atom is 0.251 e. The summed E-state index contributed by atoms with van der Waals surface area (Å²) < 4.78 is 54.2. The number of aliphatic imine (C=N–C) groups is 1. The van der Waals surface area contributed by atoms with Gasteiger partial charge in [-0.25, -0.2) is 17.2 Å². The lowest BCUT2D eigenvalue weighted by atomic mass is 9.99. The number of halogens is 3. The van der Waals surface area contributed by atoms with Gasteiger partial charge in [0, 0.05) is 45.1 Å². The van der Waals surface area contributed by atoms with Crippen LogP contribution >= 0.6 is 24.0 Å². The fourth-order valence-corrected chi connectivity index (χ4v) is 4.79. The van der Waals surface area contributed by atoms with Crippen molar-refractivity contribution in [1.82, 2.24) is 15.5 Å². The number of guanidine groups is 1. The van der Waals surface area contributed by atoms with Crippen molar-refractivity contribution < 1.29 is 21.9 Å². The maximum atomic E-state index is 12.5. The molecule has 0 bridgehead atoms. The zero-order chi connectivity index (χ0) is 19.9. The van der Waals surface area contributed by atoms with Crippen molar-refractivity contribution in [3.8, 4) is 0 Å². The molecule has 7 nitrogen and oxygen atoms in total. The number of rotatable bonds is 7. The average Bonchev–Trinajstić information content (AvgIpc) is 2.61. The summed E-state index contributed by atoms with van der Waals surface area (Å²) in [6.07, 6.45) is 1.36. The van der Waals surface area contributed by atoms with Gasteiger partial charge in [0.25, 0.3) is 6.43 Å². The number of ether oxygens (including phenoxy) is 1. The molecule has 11 heteroatoms. The molecule has 0 saturated carbocycles. The van der Waals surface area contributed by atoms with E-state index in [2.05, 4.69) is 15.6 Å². The lowest BCUT2D eigenvalue weighted by Gasteiger charge is -2.35. The highest BCUT2D eigenvalue weighted by Crippen LogP contribution is 2.29. The molecule has 0 atom stereocenters. The first-order valence-electron chi connectivity index (χ1n) is 9.58. The van der Waals surface area contributed by atoms with Crippen molar-refractivity contribution in [1.29, 1.82) is 0 Å². The number of alkyl halides is 2. The molecule has 2 aliphatic rings. The van der Waals surface area contributed by atoms with Crippen LogP contribution in [0.5, 0.6) is 0 Å². The second-order valence-electron chi connectivity index (χ2n) is 7.37. The lowest BCUT2D eigenvalue weighted by molar-refractivity contribution is 0.0743. The van der Waals surface area contributed by atoms with Crippen LogP contribution in [0.15, 0.2) is 4.99 Å². The topological polar surface area (TPSA) is 83.0 Å². The van der Waals surface area contributed by atoms with E-state index in [0.717, 1.165) is 12.8 Å². The number of likely N-dealkylation sites (tertiary alicyclic amines) is 1. The Morgan fingerprint density at radius 3 is 2.39 bits per heavy atom. The zero-order valence-electron chi connectivity index (χ0n) is 16.6. The molecular formula is C17H33F2IN4O3S. The van der Waals surface area contributed by atoms with Crippen LogP contribution in [-0.4, -0.2) is 88.7 Å². The molecule has 28 heavy (non-hydrogen) atoms. The molecule has 0 radical (unpaired) electrons. The van der Waals surface area contributed by atoms with E-state index >= 15 is 0 Å². The van der Waals surface area contributed by atoms with Crippen molar-refractivity contribution in [3.63, 3.8) is 0 Å². The monoisotopic (exact) mass is 538 g/mol. The summed E-state index contributed by atoms with van der Waals surface area (Å²) in [4.78, 5) is 6.33. The Labute approximate surface area is 184 Å². The highest BCUT2D eigenvalue weighted by Gasteiger charge is 2.42. The van der Waals surface area contributed by atoms with Gasteiger partial charge in [-0.15, -0.1) is 24.0 Å². The smallest absolute Gasteiger partial charge is 0.251 e. The summed E-state index contributed by atoms with van der Waals surface area (Å²) in [7, 11) is -3.27. The van der Waals surface area contributed by atoms with Crippen molar-refractivity contribution in [2.24, 2.45) is 4.99 Å². The third-order valence-electron chi connectivity index (χ3n) is 5.38. The molecule has 0 amide bonds. The quantitative estimate of drug-likeness (QED) is 0.291. The van der Waals surface area contributed by atoms with Gasteiger partial charge in [0.05, 0.1) is 17.8 Å². The highest BCUT2D eigenvalue weighted by molar-refractivity contribution is 14.0. The van der Waals surface area contributed by atoms with Crippen molar-refractivity contribution in [2.75, 3.05) is 52.2 Å². The largest absolute Gasteiger partial charge is 0.381 e. The molecule has 166 valence electrons. The second kappa shape index (κ2) is 11.8. The first-order chi connectivity index (χ1) is 12.8. The third-order valence-corrected chi connectivity index (χ3v) is 7.50. The summed E-state index contributed by atoms with van der Waals surface area (Å²) in [5.41, 5.74) is 0. The highest BCUT2D eigenvalue weighted by atomic mass is 127. The van der Waals surface area contributed by atoms with E-state index in [0.29, 0.717) is 51.6 Å². The first-order valence-corrected chi connectivity index (χ1v) is 11.5. The van der Waals surface area contributed by atoms with Crippen LogP contribution in [0.4, 0.5) is 8.78 Å². The van der Waals surface area contributed by atoms with E-state index in [-0.39, 0.29) is 43.1 Å². The first kappa shape index (κ1) is 25.8. The number of hydrogen-bond donors (Lipinski definition) is 2. The minimum Gasteiger partial charge on any atom is -0.381 e. The minimum absolute atomic E-state index is 0. The van der Waals surface area contributed by atoms with Gasteiger partial charge in [0.2, 0.25) is 0 Å². The molecule has 0 spiro atoms. The van der Waals surface area contributed by atoms with Crippen LogP contribution in [0, 0.1) is 0 Å². The number of nitrogens with one attached hydrogen (secondary N) is 2. The number of piperidine rings is 1. The van der Waals surface area contributed by atoms with Gasteiger partial charge in [0.15, 0.2) is 15.8 Å². The maximum absolute atomic E-state index is 12.5. The van der Waals surface area contributed by atoms with Crippen LogP contribution in [0.25, 0.3) is 0 Å². The summed E-state index contributed by atoms with van der Waals surface area (Å²) in [6, 6.07) is 0.139. The molecule has 2 fully saturated rings. The summed E-state index contributed by atoms with van der Waals surface area (Å²) in [5, 5.41) is 6.50. The predicted molar refractivity (Wildman–Crippen MR) is 118 cm³/mol. The Morgan fingerprint density at radius 2 is 1.89 bits per heavy atom. The Balaban J connectivity index is 0.00000392. The van der Waals surface area contributed by atoms with Gasteiger partial charge in [-0.3, -0.25) is 9.89 Å². The fraction of sp³-hybridized carbons (Fsp3) is 0.941. The summed E-state index contributed by atoms with van der Waals surface area (Å²) in [6.45, 7) is 4.70. The number of nitrogens with zero attached hydrogens (tertiary/aromatic N) is 2.